The predicted octanol–water partition coefficient (Wildman–Crippen LogP) is 5.07. The number of carbonyl (C=O) groups is 3. The summed E-state index contributed by atoms with van der Waals surface area (Å²) in [4.78, 5) is 45.9. The number of carboxylic acid groups (broad SMARTS) is 1. The zero-order valence-electron chi connectivity index (χ0n) is 21.4. The highest BCUT2D eigenvalue weighted by atomic mass is 32.2. The molecule has 0 radical (unpaired) electrons. The fourth-order valence-electron chi connectivity index (χ4n) is 4.10. The quantitative estimate of drug-likeness (QED) is 0.269. The molecule has 216 valence electrons. The van der Waals surface area contributed by atoms with Crippen molar-refractivity contribution in [2.75, 3.05) is 5.32 Å². The van der Waals surface area contributed by atoms with Crippen LogP contribution in [0.25, 0.3) is 17.3 Å². The second-order valence-corrected chi connectivity index (χ2v) is 10.9. The number of aromatic nitrogens is 3. The number of carbonyl (C=O) groups excluding carboxylic acids is 2. The summed E-state index contributed by atoms with van der Waals surface area (Å²) in [5.74, 6) is -2.61. The van der Waals surface area contributed by atoms with Gasteiger partial charge >= 0.3 is 12.1 Å². The molecule has 0 spiro atoms. The number of rotatable bonds is 7. The third-order valence-electron chi connectivity index (χ3n) is 6.10. The molecule has 1 saturated heterocycles. The van der Waals surface area contributed by atoms with E-state index in [0.29, 0.717) is 28.6 Å². The molecule has 41 heavy (non-hydrogen) atoms. The van der Waals surface area contributed by atoms with Gasteiger partial charge in [-0.25, -0.2) is 14.8 Å². The monoisotopic (exact) mass is 606 g/mol. The van der Waals surface area contributed by atoms with E-state index in [4.69, 9.17) is 14.9 Å². The number of nitrogens with one attached hydrogen (secondary N) is 3. The minimum absolute atomic E-state index is 0.298. The van der Waals surface area contributed by atoms with Crippen LogP contribution in [0.15, 0.2) is 52.2 Å². The Labute approximate surface area is 240 Å². The predicted molar refractivity (Wildman–Crippen MR) is 149 cm³/mol. The Kier molecular flexibility index (Phi) is 10.1. The number of aliphatic carboxylic acids is 1. The summed E-state index contributed by atoms with van der Waals surface area (Å²) in [7, 11) is 0. The summed E-state index contributed by atoms with van der Waals surface area (Å²) < 4.78 is 31.7. The van der Waals surface area contributed by atoms with E-state index < -0.39 is 12.1 Å². The van der Waals surface area contributed by atoms with E-state index in [-0.39, 0.29) is 11.1 Å². The topological polar surface area (TPSA) is 146 Å². The van der Waals surface area contributed by atoms with Gasteiger partial charge in [-0.3, -0.25) is 19.9 Å². The fourth-order valence-corrected chi connectivity index (χ4v) is 5.42. The van der Waals surface area contributed by atoms with E-state index >= 15 is 0 Å². The van der Waals surface area contributed by atoms with Crippen molar-refractivity contribution in [1.82, 2.24) is 25.6 Å². The van der Waals surface area contributed by atoms with Crippen molar-refractivity contribution in [1.29, 1.82) is 0 Å². The number of anilines is 1. The Morgan fingerprint density at radius 1 is 1.10 bits per heavy atom. The Morgan fingerprint density at radius 2 is 1.83 bits per heavy atom. The second-order valence-electron chi connectivity index (χ2n) is 9.06. The fraction of sp³-hybridized carbons (Fsp3) is 0.308. The summed E-state index contributed by atoms with van der Waals surface area (Å²) in [5, 5.41) is 20.3. The summed E-state index contributed by atoms with van der Waals surface area (Å²) in [6.07, 6.45) is 2.34. The van der Waals surface area contributed by atoms with Crippen LogP contribution >= 0.6 is 23.1 Å². The van der Waals surface area contributed by atoms with Crippen molar-refractivity contribution in [3.05, 3.63) is 63.6 Å². The minimum Gasteiger partial charge on any atom is -0.475 e. The van der Waals surface area contributed by atoms with Gasteiger partial charge < -0.3 is 15.7 Å². The van der Waals surface area contributed by atoms with Crippen molar-refractivity contribution in [2.45, 2.75) is 50.5 Å². The zero-order valence-corrected chi connectivity index (χ0v) is 23.0. The number of thiophene rings is 1. The number of thioether (sulfide) groups is 1. The molecule has 0 unspecified atom stereocenters. The Balaban J connectivity index is 0.000000493. The van der Waals surface area contributed by atoms with Gasteiger partial charge in [-0.15, -0.1) is 0 Å². The number of hydrogen-bond acceptors (Lipinski definition) is 10. The number of nitrogens with zero attached hydrogens (tertiary/aromatic N) is 3. The van der Waals surface area contributed by atoms with Crippen LogP contribution < -0.4 is 16.0 Å². The minimum atomic E-state index is -5.08. The Hall–Kier alpha value is -3.82. The average molecular weight is 607 g/mol. The number of imide groups is 1. The number of carboxylic acids is 1. The van der Waals surface area contributed by atoms with E-state index in [2.05, 4.69) is 60.9 Å². The van der Waals surface area contributed by atoms with Crippen molar-refractivity contribution in [3.8, 4) is 11.3 Å². The first kappa shape index (κ1) is 30.1. The van der Waals surface area contributed by atoms with Gasteiger partial charge in [0.15, 0.2) is 0 Å². The SMILES string of the molecule is O=C(O)C(F)(F)F.O=C1NC(=O)/C(=C/c2ccnc(NC3CCC(NCc4cccc(-c5ccsc5)n4)CC3)n2)S1. The molecule has 2 amide bonds. The number of pyridine rings is 1. The maximum atomic E-state index is 11.7. The van der Waals surface area contributed by atoms with E-state index in [0.717, 1.165) is 55.4 Å². The molecule has 2 aliphatic rings. The lowest BCUT2D eigenvalue weighted by atomic mass is 9.91. The van der Waals surface area contributed by atoms with Crippen LogP contribution in [0.1, 0.15) is 37.1 Å². The van der Waals surface area contributed by atoms with E-state index in [1.165, 1.54) is 5.56 Å². The first-order valence-corrected chi connectivity index (χ1v) is 14.2. The van der Waals surface area contributed by atoms with Crippen LogP contribution in [0.4, 0.5) is 23.9 Å². The highest BCUT2D eigenvalue weighted by molar-refractivity contribution is 8.18. The molecule has 1 saturated carbocycles. The molecule has 0 aromatic carbocycles. The van der Waals surface area contributed by atoms with Gasteiger partial charge in [0.25, 0.3) is 11.1 Å². The molecule has 10 nitrogen and oxygen atoms in total. The van der Waals surface area contributed by atoms with Crippen LogP contribution in [-0.4, -0.2) is 55.4 Å². The summed E-state index contributed by atoms with van der Waals surface area (Å²) >= 11 is 2.57. The lowest BCUT2D eigenvalue weighted by molar-refractivity contribution is -0.192. The summed E-state index contributed by atoms with van der Waals surface area (Å²) in [5.41, 5.74) is 3.83. The first-order chi connectivity index (χ1) is 19.6. The van der Waals surface area contributed by atoms with Gasteiger partial charge in [0.1, 0.15) is 0 Å². The third kappa shape index (κ3) is 9.09. The molecule has 3 aromatic rings. The van der Waals surface area contributed by atoms with E-state index in [1.807, 2.05) is 0 Å². The van der Waals surface area contributed by atoms with E-state index in [9.17, 15) is 22.8 Å². The molecule has 15 heteroatoms. The van der Waals surface area contributed by atoms with Crippen molar-refractivity contribution in [3.63, 3.8) is 0 Å². The van der Waals surface area contributed by atoms with Crippen LogP contribution in [-0.2, 0) is 16.1 Å². The highest BCUT2D eigenvalue weighted by Gasteiger charge is 2.38. The molecule has 5 rings (SSSR count). The second kappa shape index (κ2) is 13.7. The van der Waals surface area contributed by atoms with Crippen molar-refractivity contribution >= 4 is 52.2 Å². The van der Waals surface area contributed by atoms with Crippen molar-refractivity contribution in [2.24, 2.45) is 0 Å². The van der Waals surface area contributed by atoms with Gasteiger partial charge in [-0.1, -0.05) is 6.07 Å². The molecule has 1 aliphatic heterocycles. The molecule has 1 aliphatic carbocycles. The molecular formula is C26H25F3N6O4S2. The maximum Gasteiger partial charge on any atom is 0.490 e. The molecule has 0 atom stereocenters. The summed E-state index contributed by atoms with van der Waals surface area (Å²) in [6, 6.07) is 10.8. The number of amides is 2. The smallest absolute Gasteiger partial charge is 0.475 e. The number of alkyl halides is 3. The van der Waals surface area contributed by atoms with Crippen LogP contribution in [0, 0.1) is 0 Å². The zero-order chi connectivity index (χ0) is 29.4. The third-order valence-corrected chi connectivity index (χ3v) is 7.59. The average Bonchev–Trinajstić information content (AvgIpc) is 3.58. The van der Waals surface area contributed by atoms with Crippen LogP contribution in [0.3, 0.4) is 0 Å². The Morgan fingerprint density at radius 3 is 2.46 bits per heavy atom. The van der Waals surface area contributed by atoms with Gasteiger partial charge in [0.2, 0.25) is 5.95 Å². The van der Waals surface area contributed by atoms with Crippen molar-refractivity contribution < 1.29 is 32.7 Å². The first-order valence-electron chi connectivity index (χ1n) is 12.4. The molecule has 2 fully saturated rings. The van der Waals surface area contributed by atoms with Gasteiger partial charge in [-0.05, 0) is 73.2 Å². The number of halogens is 3. The molecular weight excluding hydrogens is 581 g/mol. The normalized spacial score (nSPS) is 19.8. The van der Waals surface area contributed by atoms with Gasteiger partial charge in [-0.2, -0.15) is 24.5 Å². The van der Waals surface area contributed by atoms with Gasteiger partial charge in [0, 0.05) is 35.8 Å². The summed E-state index contributed by atoms with van der Waals surface area (Å²) in [6.45, 7) is 0.759. The lowest BCUT2D eigenvalue weighted by Crippen LogP contribution is -2.37. The molecule has 4 heterocycles. The molecule has 4 N–H and O–H groups in total. The van der Waals surface area contributed by atoms with Crippen LogP contribution in [0.2, 0.25) is 0 Å². The number of hydrogen-bond donors (Lipinski definition) is 4. The standard InChI is InChI=1S/C24H24N6O2S2.C2HF3O2/c31-22-21(34-24(32)30-22)12-18-8-10-25-23(29-18)28-17-6-4-16(5-7-17)26-13-19-2-1-3-20(27-19)15-9-11-33-14-15;3-2(4,5)1(6)7/h1-3,8-12,14,16-17,26H,4-7,13H2,(H,25,28,29)(H,30,31,32);(H,6,7)/b21-12-;. The maximum absolute atomic E-state index is 11.7. The van der Waals surface area contributed by atoms with Crippen LogP contribution in [0.5, 0.6) is 0 Å². The molecule has 3 aromatic heterocycles. The van der Waals surface area contributed by atoms with Gasteiger partial charge in [0.05, 0.1) is 22.0 Å². The highest BCUT2D eigenvalue weighted by Crippen LogP contribution is 2.26. The molecule has 0 bridgehead atoms. The largest absolute Gasteiger partial charge is 0.490 e. The van der Waals surface area contributed by atoms with E-state index in [1.54, 1.807) is 29.7 Å². The Bertz CT molecular complexity index is 1410. The lowest BCUT2D eigenvalue weighted by Gasteiger charge is -2.29.